The Morgan fingerprint density at radius 2 is 2.19 bits per heavy atom. The van der Waals surface area contributed by atoms with Crippen molar-refractivity contribution in [2.45, 2.75) is 32.2 Å². The van der Waals surface area contributed by atoms with Gasteiger partial charge in [0, 0.05) is 18.8 Å². The number of hydrogen-bond donors (Lipinski definition) is 1. The number of anilines is 1. The lowest BCUT2D eigenvalue weighted by atomic mass is 9.92. The number of aromatic nitrogens is 2. The zero-order valence-corrected chi connectivity index (χ0v) is 10.4. The van der Waals surface area contributed by atoms with Crippen molar-refractivity contribution >= 4 is 23.2 Å². The number of nitrogens with two attached hydrogens (primary N) is 1. The molecule has 1 saturated carbocycles. The van der Waals surface area contributed by atoms with Gasteiger partial charge in [0.25, 0.3) is 0 Å². The molecule has 0 aromatic carbocycles. The maximum Gasteiger partial charge on any atom is 0.226 e. The fraction of sp³-hybridized carbons (Fsp3) is 0.545. The van der Waals surface area contributed by atoms with Gasteiger partial charge in [-0.2, -0.15) is 0 Å². The van der Waals surface area contributed by atoms with Gasteiger partial charge in [0.05, 0.1) is 0 Å². The second-order valence-electron chi connectivity index (χ2n) is 4.25. The summed E-state index contributed by atoms with van der Waals surface area (Å²) in [5, 5.41) is 0. The minimum atomic E-state index is 0.328. The van der Waals surface area contributed by atoms with Crippen molar-refractivity contribution in [2.24, 2.45) is 5.73 Å². The molecule has 0 atom stereocenters. The van der Waals surface area contributed by atoms with Crippen molar-refractivity contribution in [1.82, 2.24) is 9.97 Å². The molecule has 1 aliphatic carbocycles. The molecule has 1 aromatic heterocycles. The Bertz CT molecular complexity index is 414. The number of aryl methyl sites for hydroxylation is 1. The van der Waals surface area contributed by atoms with Gasteiger partial charge in [-0.25, -0.2) is 9.97 Å². The summed E-state index contributed by atoms with van der Waals surface area (Å²) in [4.78, 5) is 11.3. The highest BCUT2D eigenvalue weighted by atomic mass is 32.1. The van der Waals surface area contributed by atoms with E-state index >= 15 is 0 Å². The summed E-state index contributed by atoms with van der Waals surface area (Å²) in [5.41, 5.74) is 7.15. The zero-order chi connectivity index (χ0) is 11.7. The molecule has 0 aliphatic heterocycles. The van der Waals surface area contributed by atoms with Crippen LogP contribution in [-0.2, 0) is 0 Å². The third-order valence-corrected chi connectivity index (χ3v) is 3.24. The second kappa shape index (κ2) is 4.33. The van der Waals surface area contributed by atoms with Gasteiger partial charge in [-0.3, -0.25) is 0 Å². The van der Waals surface area contributed by atoms with E-state index in [0.717, 1.165) is 11.6 Å². The fourth-order valence-corrected chi connectivity index (χ4v) is 1.88. The van der Waals surface area contributed by atoms with Crippen LogP contribution >= 0.6 is 12.2 Å². The SMILES string of the molecule is Cc1cc(C(N)=S)nc(N(C)C2CCC2)n1. The van der Waals surface area contributed by atoms with Crippen LogP contribution in [0.3, 0.4) is 0 Å². The van der Waals surface area contributed by atoms with Gasteiger partial charge >= 0.3 is 0 Å². The van der Waals surface area contributed by atoms with Crippen molar-refractivity contribution in [2.75, 3.05) is 11.9 Å². The third-order valence-electron chi connectivity index (χ3n) is 3.03. The van der Waals surface area contributed by atoms with E-state index in [1.54, 1.807) is 0 Å². The highest BCUT2D eigenvalue weighted by Gasteiger charge is 2.24. The average Bonchev–Trinajstić information content (AvgIpc) is 2.13. The first-order valence-electron chi connectivity index (χ1n) is 5.46. The van der Waals surface area contributed by atoms with Crippen LogP contribution in [0.2, 0.25) is 0 Å². The Morgan fingerprint density at radius 1 is 1.50 bits per heavy atom. The van der Waals surface area contributed by atoms with E-state index in [0.29, 0.717) is 16.7 Å². The van der Waals surface area contributed by atoms with Crippen molar-refractivity contribution in [3.8, 4) is 0 Å². The lowest BCUT2D eigenvalue weighted by Gasteiger charge is -2.34. The molecule has 1 fully saturated rings. The van der Waals surface area contributed by atoms with Gasteiger partial charge < -0.3 is 10.6 Å². The van der Waals surface area contributed by atoms with E-state index in [4.69, 9.17) is 18.0 Å². The first-order valence-corrected chi connectivity index (χ1v) is 5.87. The Kier molecular flexibility index (Phi) is 3.05. The summed E-state index contributed by atoms with van der Waals surface area (Å²) in [6.07, 6.45) is 3.73. The van der Waals surface area contributed by atoms with E-state index in [1.165, 1.54) is 19.3 Å². The standard InChI is InChI=1S/C11H16N4S/c1-7-6-9(10(12)16)14-11(13-7)15(2)8-4-3-5-8/h6,8H,3-5H2,1-2H3,(H2,12,16). The summed E-state index contributed by atoms with van der Waals surface area (Å²) >= 11 is 4.94. The summed E-state index contributed by atoms with van der Waals surface area (Å²) in [7, 11) is 2.03. The smallest absolute Gasteiger partial charge is 0.226 e. The van der Waals surface area contributed by atoms with Gasteiger partial charge in [-0.05, 0) is 32.3 Å². The Morgan fingerprint density at radius 3 is 2.69 bits per heavy atom. The average molecular weight is 236 g/mol. The lowest BCUT2D eigenvalue weighted by molar-refractivity contribution is 0.397. The van der Waals surface area contributed by atoms with Crippen LogP contribution in [0, 0.1) is 6.92 Å². The van der Waals surface area contributed by atoms with Gasteiger partial charge in [0.15, 0.2) is 0 Å². The van der Waals surface area contributed by atoms with Gasteiger partial charge in [0.2, 0.25) is 5.95 Å². The third kappa shape index (κ3) is 2.14. The Hall–Kier alpha value is -1.23. The molecule has 0 radical (unpaired) electrons. The molecule has 0 unspecified atom stereocenters. The van der Waals surface area contributed by atoms with Crippen LogP contribution in [0.4, 0.5) is 5.95 Å². The highest BCUT2D eigenvalue weighted by molar-refractivity contribution is 7.80. The van der Waals surface area contributed by atoms with Crippen LogP contribution in [0.25, 0.3) is 0 Å². The largest absolute Gasteiger partial charge is 0.388 e. The molecule has 2 rings (SSSR count). The minimum Gasteiger partial charge on any atom is -0.388 e. The summed E-state index contributed by atoms with van der Waals surface area (Å²) in [6.45, 7) is 1.93. The molecule has 0 saturated heterocycles. The van der Waals surface area contributed by atoms with Crippen LogP contribution in [0.1, 0.15) is 30.7 Å². The molecule has 1 aromatic rings. The molecular weight excluding hydrogens is 220 g/mol. The van der Waals surface area contributed by atoms with E-state index in [1.807, 2.05) is 20.0 Å². The van der Waals surface area contributed by atoms with Crippen LogP contribution in [0.5, 0.6) is 0 Å². The summed E-state index contributed by atoms with van der Waals surface area (Å²) < 4.78 is 0. The molecule has 1 aliphatic rings. The molecule has 0 bridgehead atoms. The van der Waals surface area contributed by atoms with Crippen molar-refractivity contribution < 1.29 is 0 Å². The maximum atomic E-state index is 5.60. The second-order valence-corrected chi connectivity index (χ2v) is 4.69. The quantitative estimate of drug-likeness (QED) is 0.804. The Labute approximate surface area is 101 Å². The molecular formula is C11H16N4S. The molecule has 0 spiro atoms. The van der Waals surface area contributed by atoms with Gasteiger partial charge in [0.1, 0.15) is 10.7 Å². The predicted molar refractivity (Wildman–Crippen MR) is 68.7 cm³/mol. The number of thiocarbonyl (C=S) groups is 1. The first kappa shape index (κ1) is 11.3. The maximum absolute atomic E-state index is 5.60. The zero-order valence-electron chi connectivity index (χ0n) is 9.60. The lowest BCUT2D eigenvalue weighted by Crippen LogP contribution is -2.38. The van der Waals surface area contributed by atoms with E-state index < -0.39 is 0 Å². The molecule has 86 valence electrons. The monoisotopic (exact) mass is 236 g/mol. The number of rotatable bonds is 3. The summed E-state index contributed by atoms with van der Waals surface area (Å²) in [5.74, 6) is 0.729. The predicted octanol–water partition coefficient (Wildman–Crippen LogP) is 1.41. The van der Waals surface area contributed by atoms with Crippen molar-refractivity contribution in [1.29, 1.82) is 0 Å². The highest BCUT2D eigenvalue weighted by Crippen LogP contribution is 2.26. The van der Waals surface area contributed by atoms with Crippen molar-refractivity contribution in [3.63, 3.8) is 0 Å². The molecule has 4 nitrogen and oxygen atoms in total. The molecule has 1 heterocycles. The van der Waals surface area contributed by atoms with E-state index in [-0.39, 0.29) is 0 Å². The first-order chi connectivity index (χ1) is 7.58. The Balaban J connectivity index is 2.28. The minimum absolute atomic E-state index is 0.328. The van der Waals surface area contributed by atoms with Crippen LogP contribution < -0.4 is 10.6 Å². The fourth-order valence-electron chi connectivity index (χ4n) is 1.77. The molecule has 2 N–H and O–H groups in total. The van der Waals surface area contributed by atoms with Gasteiger partial charge in [-0.15, -0.1) is 0 Å². The number of hydrogen-bond acceptors (Lipinski definition) is 4. The normalized spacial score (nSPS) is 15.6. The molecule has 0 amide bonds. The van der Waals surface area contributed by atoms with Crippen molar-refractivity contribution in [3.05, 3.63) is 17.5 Å². The van der Waals surface area contributed by atoms with E-state index in [2.05, 4.69) is 14.9 Å². The molecule has 5 heteroatoms. The number of nitrogens with zero attached hydrogens (tertiary/aromatic N) is 3. The van der Waals surface area contributed by atoms with Crippen LogP contribution in [0.15, 0.2) is 6.07 Å². The van der Waals surface area contributed by atoms with Crippen LogP contribution in [-0.4, -0.2) is 28.0 Å². The molecule has 16 heavy (non-hydrogen) atoms. The summed E-state index contributed by atoms with van der Waals surface area (Å²) in [6, 6.07) is 2.39. The topological polar surface area (TPSA) is 55.0 Å². The van der Waals surface area contributed by atoms with E-state index in [9.17, 15) is 0 Å². The van der Waals surface area contributed by atoms with Gasteiger partial charge in [-0.1, -0.05) is 12.2 Å².